The summed E-state index contributed by atoms with van der Waals surface area (Å²) in [6.07, 6.45) is -0.0164. The zero-order chi connectivity index (χ0) is 17.7. The summed E-state index contributed by atoms with van der Waals surface area (Å²) < 4.78 is 25.8. The molecule has 0 aliphatic rings. The van der Waals surface area contributed by atoms with Crippen LogP contribution in [-0.4, -0.2) is 23.0 Å². The van der Waals surface area contributed by atoms with E-state index >= 15 is 0 Å². The fourth-order valence-electron chi connectivity index (χ4n) is 2.14. The van der Waals surface area contributed by atoms with Crippen molar-refractivity contribution in [3.05, 3.63) is 71.3 Å². The molecule has 0 aliphatic heterocycles. The number of nitrogens with two attached hydrogens (primary N) is 1. The van der Waals surface area contributed by atoms with E-state index in [9.17, 15) is 23.5 Å². The van der Waals surface area contributed by atoms with Crippen molar-refractivity contribution in [3.63, 3.8) is 0 Å². The molecule has 7 heteroatoms. The zero-order valence-corrected chi connectivity index (χ0v) is 12.6. The summed E-state index contributed by atoms with van der Waals surface area (Å²) in [7, 11) is 0. The Bertz CT molecular complexity index is 718. The lowest BCUT2D eigenvalue weighted by molar-refractivity contribution is -0.142. The van der Waals surface area contributed by atoms with Gasteiger partial charge in [-0.25, -0.2) is 13.6 Å². The summed E-state index contributed by atoms with van der Waals surface area (Å²) in [4.78, 5) is 23.5. The van der Waals surface area contributed by atoms with Crippen LogP contribution in [-0.2, 0) is 16.0 Å². The molecule has 0 saturated heterocycles. The van der Waals surface area contributed by atoms with E-state index in [1.807, 2.05) is 0 Å². The number of aliphatic carboxylic acids is 1. The Morgan fingerprint density at radius 2 is 1.50 bits per heavy atom. The number of halogens is 2. The van der Waals surface area contributed by atoms with Crippen LogP contribution < -0.4 is 11.1 Å². The van der Waals surface area contributed by atoms with Crippen molar-refractivity contribution in [2.45, 2.75) is 18.5 Å². The van der Waals surface area contributed by atoms with Crippen molar-refractivity contribution in [2.75, 3.05) is 0 Å². The Labute approximate surface area is 137 Å². The first kappa shape index (κ1) is 17.6. The molecule has 4 N–H and O–H groups in total. The molecule has 2 aromatic rings. The van der Waals surface area contributed by atoms with Gasteiger partial charge in [-0.2, -0.15) is 0 Å². The van der Waals surface area contributed by atoms with Gasteiger partial charge >= 0.3 is 5.97 Å². The maximum Gasteiger partial charge on any atom is 0.326 e. The van der Waals surface area contributed by atoms with Crippen molar-refractivity contribution in [3.8, 4) is 0 Å². The van der Waals surface area contributed by atoms with E-state index in [4.69, 9.17) is 5.73 Å². The molecule has 0 saturated carbocycles. The largest absolute Gasteiger partial charge is 0.480 e. The Morgan fingerprint density at radius 1 is 1.00 bits per heavy atom. The fourth-order valence-corrected chi connectivity index (χ4v) is 2.14. The summed E-state index contributed by atoms with van der Waals surface area (Å²) in [5, 5.41) is 11.6. The van der Waals surface area contributed by atoms with Crippen molar-refractivity contribution in [2.24, 2.45) is 5.73 Å². The number of amides is 1. The zero-order valence-electron chi connectivity index (χ0n) is 12.6. The van der Waals surface area contributed by atoms with Crippen LogP contribution in [0.2, 0.25) is 0 Å². The predicted molar refractivity (Wildman–Crippen MR) is 83.0 cm³/mol. The lowest BCUT2D eigenvalue weighted by Gasteiger charge is -2.18. The van der Waals surface area contributed by atoms with Gasteiger partial charge in [-0.3, -0.25) is 4.79 Å². The van der Waals surface area contributed by atoms with Gasteiger partial charge in [0.25, 0.3) is 0 Å². The standard InChI is InChI=1S/C17H16F2N2O3/c18-12-5-1-10(2-6-12)9-14(17(23)24)21-16(22)15(20)11-3-7-13(19)8-4-11/h1-8,14-15H,9,20H2,(H,21,22)(H,23,24)/t14?,15-/m0/s1. The van der Waals surface area contributed by atoms with Crippen LogP contribution in [0.1, 0.15) is 17.2 Å². The molecule has 2 rings (SSSR count). The lowest BCUT2D eigenvalue weighted by Crippen LogP contribution is -2.46. The van der Waals surface area contributed by atoms with Gasteiger partial charge in [0.05, 0.1) is 0 Å². The first-order chi connectivity index (χ1) is 11.4. The third-order valence-corrected chi connectivity index (χ3v) is 3.48. The molecule has 1 amide bonds. The Hall–Kier alpha value is -2.80. The summed E-state index contributed by atoms with van der Waals surface area (Å²) in [6, 6.07) is 8.00. The Kier molecular flexibility index (Phi) is 5.59. The maximum atomic E-state index is 12.9. The molecule has 126 valence electrons. The molecule has 0 spiro atoms. The van der Waals surface area contributed by atoms with Crippen LogP contribution in [0.4, 0.5) is 8.78 Å². The maximum absolute atomic E-state index is 12.9. The molecule has 5 nitrogen and oxygen atoms in total. The van der Waals surface area contributed by atoms with Gasteiger partial charge in [0.1, 0.15) is 23.7 Å². The molecule has 1 unspecified atom stereocenters. The average Bonchev–Trinajstić information content (AvgIpc) is 2.56. The van der Waals surface area contributed by atoms with Crippen molar-refractivity contribution >= 4 is 11.9 Å². The average molecular weight is 334 g/mol. The first-order valence-corrected chi connectivity index (χ1v) is 7.15. The van der Waals surface area contributed by atoms with Crippen molar-refractivity contribution in [1.82, 2.24) is 5.32 Å². The van der Waals surface area contributed by atoms with E-state index in [1.165, 1.54) is 36.4 Å². The summed E-state index contributed by atoms with van der Waals surface area (Å²) in [5.41, 5.74) is 6.69. The minimum Gasteiger partial charge on any atom is -0.480 e. The highest BCUT2D eigenvalue weighted by molar-refractivity contribution is 5.87. The van der Waals surface area contributed by atoms with E-state index in [0.717, 1.165) is 12.1 Å². The lowest BCUT2D eigenvalue weighted by atomic mass is 10.0. The molecule has 0 bridgehead atoms. The summed E-state index contributed by atoms with van der Waals surface area (Å²) >= 11 is 0. The highest BCUT2D eigenvalue weighted by Crippen LogP contribution is 2.12. The number of carbonyl (C=O) groups is 2. The SMILES string of the molecule is N[C@H](C(=O)NC(Cc1ccc(F)cc1)C(=O)O)c1ccc(F)cc1. The highest BCUT2D eigenvalue weighted by atomic mass is 19.1. The van der Waals surface area contributed by atoms with Crippen LogP contribution in [0.5, 0.6) is 0 Å². The summed E-state index contributed by atoms with van der Waals surface area (Å²) in [5.74, 6) is -2.84. The van der Waals surface area contributed by atoms with E-state index in [0.29, 0.717) is 11.1 Å². The number of hydrogen-bond acceptors (Lipinski definition) is 3. The van der Waals surface area contributed by atoms with E-state index in [1.54, 1.807) is 0 Å². The molecule has 24 heavy (non-hydrogen) atoms. The molecular formula is C17H16F2N2O3. The van der Waals surface area contributed by atoms with Gasteiger partial charge < -0.3 is 16.2 Å². The van der Waals surface area contributed by atoms with Crippen LogP contribution in [0.15, 0.2) is 48.5 Å². The number of carboxylic acid groups (broad SMARTS) is 1. The van der Waals surface area contributed by atoms with E-state index in [2.05, 4.69) is 5.32 Å². The van der Waals surface area contributed by atoms with Gasteiger partial charge in [-0.15, -0.1) is 0 Å². The quantitative estimate of drug-likeness (QED) is 0.751. The van der Waals surface area contributed by atoms with Crippen LogP contribution in [0.25, 0.3) is 0 Å². The number of hydrogen-bond donors (Lipinski definition) is 3. The number of carbonyl (C=O) groups excluding carboxylic acids is 1. The molecular weight excluding hydrogens is 318 g/mol. The van der Waals surface area contributed by atoms with Gasteiger partial charge in [-0.05, 0) is 35.4 Å². The molecule has 0 heterocycles. The van der Waals surface area contributed by atoms with Gasteiger partial charge in [0, 0.05) is 6.42 Å². The second-order valence-electron chi connectivity index (χ2n) is 5.26. The third-order valence-electron chi connectivity index (χ3n) is 3.48. The fraction of sp³-hybridized carbons (Fsp3) is 0.176. The molecule has 0 radical (unpaired) electrons. The molecule has 2 aromatic carbocycles. The van der Waals surface area contributed by atoms with Crippen molar-refractivity contribution < 1.29 is 23.5 Å². The van der Waals surface area contributed by atoms with Crippen LogP contribution >= 0.6 is 0 Å². The number of benzene rings is 2. The second-order valence-corrected chi connectivity index (χ2v) is 5.26. The first-order valence-electron chi connectivity index (χ1n) is 7.15. The monoisotopic (exact) mass is 334 g/mol. The molecule has 0 fully saturated rings. The minimum atomic E-state index is -1.24. The van der Waals surface area contributed by atoms with E-state index in [-0.39, 0.29) is 6.42 Å². The molecule has 0 aromatic heterocycles. The Balaban J connectivity index is 2.06. The van der Waals surface area contributed by atoms with Crippen LogP contribution in [0.3, 0.4) is 0 Å². The van der Waals surface area contributed by atoms with Gasteiger partial charge in [-0.1, -0.05) is 24.3 Å². The topological polar surface area (TPSA) is 92.4 Å². The second kappa shape index (κ2) is 7.65. The van der Waals surface area contributed by atoms with Gasteiger partial charge in [0.2, 0.25) is 5.91 Å². The van der Waals surface area contributed by atoms with E-state index < -0.39 is 35.6 Å². The highest BCUT2D eigenvalue weighted by Gasteiger charge is 2.24. The molecule has 2 atom stereocenters. The predicted octanol–water partition coefficient (Wildman–Crippen LogP) is 1.78. The number of rotatable bonds is 6. The smallest absolute Gasteiger partial charge is 0.326 e. The number of carboxylic acids is 1. The van der Waals surface area contributed by atoms with Crippen molar-refractivity contribution in [1.29, 1.82) is 0 Å². The van der Waals surface area contributed by atoms with Gasteiger partial charge in [0.15, 0.2) is 0 Å². The normalized spacial score (nSPS) is 13.1. The molecule has 0 aliphatic carbocycles. The third kappa shape index (κ3) is 4.60. The number of nitrogens with one attached hydrogen (secondary N) is 1. The summed E-state index contributed by atoms with van der Waals surface area (Å²) in [6.45, 7) is 0. The minimum absolute atomic E-state index is 0.0164. The Morgan fingerprint density at radius 3 is 2.00 bits per heavy atom. The van der Waals surface area contributed by atoms with Crippen LogP contribution in [0, 0.1) is 11.6 Å².